The van der Waals surface area contributed by atoms with Crippen LogP contribution in [0.4, 0.5) is 5.69 Å². The van der Waals surface area contributed by atoms with Crippen molar-refractivity contribution in [3.05, 3.63) is 52.5 Å². The van der Waals surface area contributed by atoms with Crippen LogP contribution in [0.3, 0.4) is 0 Å². The number of halogens is 1. The Morgan fingerprint density at radius 2 is 2.03 bits per heavy atom. The van der Waals surface area contributed by atoms with E-state index in [9.17, 15) is 4.79 Å². The van der Waals surface area contributed by atoms with Crippen LogP contribution in [0.15, 0.2) is 52.1 Å². The van der Waals surface area contributed by atoms with Crippen LogP contribution in [0.5, 0.6) is 0 Å². The standard InChI is InChI=1S/C22H22BrN5OS/c1-4-11-28-18-8-6-5-7-15(18)19-20(28)25-22(27-26-19)30-14(3)21(29)24-17-10-9-13(2)12-16(17)23/h5-10,12,14H,4,11H2,1-3H3,(H,24,29). The third-order valence-electron chi connectivity index (χ3n) is 4.84. The zero-order valence-electron chi connectivity index (χ0n) is 17.0. The smallest absolute Gasteiger partial charge is 0.237 e. The molecule has 6 nitrogen and oxygen atoms in total. The molecule has 0 aliphatic rings. The van der Waals surface area contributed by atoms with E-state index in [1.807, 2.05) is 50.2 Å². The number of aryl methyl sites for hydroxylation is 2. The molecule has 0 aliphatic heterocycles. The lowest BCUT2D eigenvalue weighted by molar-refractivity contribution is -0.115. The quantitative estimate of drug-likeness (QED) is 0.362. The first kappa shape index (κ1) is 20.8. The van der Waals surface area contributed by atoms with Crippen molar-refractivity contribution in [1.82, 2.24) is 19.7 Å². The summed E-state index contributed by atoms with van der Waals surface area (Å²) in [6.45, 7) is 6.84. The van der Waals surface area contributed by atoms with Gasteiger partial charge in [-0.1, -0.05) is 43.0 Å². The summed E-state index contributed by atoms with van der Waals surface area (Å²) in [5, 5.41) is 12.9. The highest BCUT2D eigenvalue weighted by molar-refractivity contribution is 9.10. The molecule has 1 amide bonds. The number of anilines is 1. The number of rotatable bonds is 6. The number of fused-ring (bicyclic) bond motifs is 3. The molecule has 0 fully saturated rings. The second-order valence-corrected chi connectivity index (χ2v) is 9.33. The fourth-order valence-electron chi connectivity index (χ4n) is 3.36. The number of benzene rings is 2. The van der Waals surface area contributed by atoms with Gasteiger partial charge in [-0.2, -0.15) is 0 Å². The summed E-state index contributed by atoms with van der Waals surface area (Å²) >= 11 is 4.81. The molecule has 154 valence electrons. The van der Waals surface area contributed by atoms with Crippen molar-refractivity contribution in [2.24, 2.45) is 0 Å². The van der Waals surface area contributed by atoms with Gasteiger partial charge in [0.05, 0.1) is 16.5 Å². The van der Waals surface area contributed by atoms with Gasteiger partial charge >= 0.3 is 0 Å². The Balaban J connectivity index is 1.59. The van der Waals surface area contributed by atoms with Crippen LogP contribution in [0.25, 0.3) is 22.1 Å². The van der Waals surface area contributed by atoms with Gasteiger partial charge in [-0.25, -0.2) is 4.98 Å². The third-order valence-corrected chi connectivity index (χ3v) is 6.44. The molecule has 0 spiro atoms. The predicted octanol–water partition coefficient (Wildman–Crippen LogP) is 5.58. The Morgan fingerprint density at radius 1 is 1.23 bits per heavy atom. The van der Waals surface area contributed by atoms with Gasteiger partial charge in [-0.05, 0) is 60.0 Å². The van der Waals surface area contributed by atoms with Gasteiger partial charge < -0.3 is 9.88 Å². The molecule has 2 heterocycles. The highest BCUT2D eigenvalue weighted by Crippen LogP contribution is 2.29. The van der Waals surface area contributed by atoms with Crippen molar-refractivity contribution < 1.29 is 4.79 Å². The monoisotopic (exact) mass is 483 g/mol. The van der Waals surface area contributed by atoms with E-state index in [-0.39, 0.29) is 11.2 Å². The fourth-order valence-corrected chi connectivity index (χ4v) is 4.66. The number of thioether (sulfide) groups is 1. The van der Waals surface area contributed by atoms with E-state index in [1.54, 1.807) is 0 Å². The third kappa shape index (κ3) is 4.06. The largest absolute Gasteiger partial charge is 0.324 e. The lowest BCUT2D eigenvalue weighted by Gasteiger charge is -2.12. The van der Waals surface area contributed by atoms with Crippen LogP contribution in [0, 0.1) is 6.92 Å². The van der Waals surface area contributed by atoms with Gasteiger partial charge in [-0.15, -0.1) is 10.2 Å². The molecule has 0 bridgehead atoms. The van der Waals surface area contributed by atoms with Gasteiger partial charge in [0.25, 0.3) is 0 Å². The molecule has 8 heteroatoms. The Hall–Kier alpha value is -2.45. The average molecular weight is 484 g/mol. The van der Waals surface area contributed by atoms with Gasteiger partial charge in [0.2, 0.25) is 11.1 Å². The molecule has 1 N–H and O–H groups in total. The van der Waals surface area contributed by atoms with Crippen LogP contribution in [0.2, 0.25) is 0 Å². The number of aromatic nitrogens is 4. The van der Waals surface area contributed by atoms with E-state index in [0.717, 1.165) is 50.8 Å². The number of nitrogens with zero attached hydrogens (tertiary/aromatic N) is 4. The molecule has 2 aromatic carbocycles. The van der Waals surface area contributed by atoms with E-state index >= 15 is 0 Å². The maximum Gasteiger partial charge on any atom is 0.237 e. The molecule has 30 heavy (non-hydrogen) atoms. The van der Waals surface area contributed by atoms with Gasteiger partial charge in [-0.3, -0.25) is 4.79 Å². The number of carbonyl (C=O) groups is 1. The zero-order valence-corrected chi connectivity index (χ0v) is 19.4. The normalized spacial score (nSPS) is 12.4. The van der Waals surface area contributed by atoms with Crippen molar-refractivity contribution in [2.45, 2.75) is 44.1 Å². The molecule has 0 saturated heterocycles. The van der Waals surface area contributed by atoms with Crippen LogP contribution in [-0.4, -0.2) is 30.9 Å². The number of hydrogen-bond acceptors (Lipinski definition) is 5. The molecule has 4 rings (SSSR count). The Kier molecular flexibility index (Phi) is 6.06. The summed E-state index contributed by atoms with van der Waals surface area (Å²) < 4.78 is 3.04. The number of hydrogen-bond donors (Lipinski definition) is 1. The Bertz CT molecular complexity index is 1240. The van der Waals surface area contributed by atoms with Crippen molar-refractivity contribution in [1.29, 1.82) is 0 Å². The number of carbonyl (C=O) groups excluding carboxylic acids is 1. The van der Waals surface area contributed by atoms with Gasteiger partial charge in [0.15, 0.2) is 5.65 Å². The highest BCUT2D eigenvalue weighted by Gasteiger charge is 2.20. The van der Waals surface area contributed by atoms with Gasteiger partial charge in [0.1, 0.15) is 5.52 Å². The van der Waals surface area contributed by atoms with Gasteiger partial charge in [0, 0.05) is 16.4 Å². The lowest BCUT2D eigenvalue weighted by atomic mass is 10.2. The molecule has 1 atom stereocenters. The first-order valence-electron chi connectivity index (χ1n) is 9.83. The summed E-state index contributed by atoms with van der Waals surface area (Å²) in [4.78, 5) is 17.4. The second-order valence-electron chi connectivity index (χ2n) is 7.17. The predicted molar refractivity (Wildman–Crippen MR) is 126 cm³/mol. The SMILES string of the molecule is CCCn1c2ccccc2c2nnc(SC(C)C(=O)Nc3ccc(C)cc3Br)nc21. The number of para-hydroxylation sites is 1. The van der Waals surface area contributed by atoms with Crippen LogP contribution in [0.1, 0.15) is 25.8 Å². The summed E-state index contributed by atoms with van der Waals surface area (Å²) in [7, 11) is 0. The Morgan fingerprint density at radius 3 is 2.80 bits per heavy atom. The molecule has 4 aromatic rings. The van der Waals surface area contributed by atoms with E-state index in [0.29, 0.717) is 5.16 Å². The number of nitrogens with one attached hydrogen (secondary N) is 1. The summed E-state index contributed by atoms with van der Waals surface area (Å²) in [5.74, 6) is -0.109. The summed E-state index contributed by atoms with van der Waals surface area (Å²) in [6.07, 6.45) is 0.991. The van der Waals surface area contributed by atoms with E-state index in [1.165, 1.54) is 11.8 Å². The second kappa shape index (κ2) is 8.73. The van der Waals surface area contributed by atoms with E-state index < -0.39 is 0 Å². The minimum atomic E-state index is -0.374. The minimum Gasteiger partial charge on any atom is -0.324 e. The minimum absolute atomic E-state index is 0.109. The van der Waals surface area contributed by atoms with Crippen molar-refractivity contribution >= 4 is 61.4 Å². The van der Waals surface area contributed by atoms with Crippen molar-refractivity contribution in [3.63, 3.8) is 0 Å². The first-order valence-corrected chi connectivity index (χ1v) is 11.5. The van der Waals surface area contributed by atoms with Crippen LogP contribution in [-0.2, 0) is 11.3 Å². The molecule has 1 unspecified atom stereocenters. The summed E-state index contributed by atoms with van der Waals surface area (Å²) in [6, 6.07) is 14.0. The summed E-state index contributed by atoms with van der Waals surface area (Å²) in [5.41, 5.74) is 4.58. The lowest BCUT2D eigenvalue weighted by Crippen LogP contribution is -2.23. The molecule has 0 saturated carbocycles. The van der Waals surface area contributed by atoms with E-state index in [2.05, 4.69) is 49.0 Å². The molecule has 0 aliphatic carbocycles. The first-order chi connectivity index (χ1) is 14.5. The average Bonchev–Trinajstić information content (AvgIpc) is 3.03. The Labute approximate surface area is 187 Å². The maximum absolute atomic E-state index is 12.7. The molecular formula is C22H22BrN5OS. The zero-order chi connectivity index (χ0) is 21.3. The molecule has 0 radical (unpaired) electrons. The number of amides is 1. The fraction of sp³-hybridized carbons (Fsp3) is 0.273. The highest BCUT2D eigenvalue weighted by atomic mass is 79.9. The maximum atomic E-state index is 12.7. The molecular weight excluding hydrogens is 462 g/mol. The topological polar surface area (TPSA) is 72.7 Å². The van der Waals surface area contributed by atoms with Crippen LogP contribution >= 0.6 is 27.7 Å². The molecule has 2 aromatic heterocycles. The van der Waals surface area contributed by atoms with Crippen LogP contribution < -0.4 is 5.32 Å². The van der Waals surface area contributed by atoms with Crippen molar-refractivity contribution in [2.75, 3.05) is 5.32 Å². The van der Waals surface area contributed by atoms with Crippen molar-refractivity contribution in [3.8, 4) is 0 Å². The van der Waals surface area contributed by atoms with E-state index in [4.69, 9.17) is 4.98 Å².